The largest absolute Gasteiger partial charge is 0.469 e. The molecule has 92 valence electrons. The molecule has 0 aliphatic carbocycles. The Bertz CT molecular complexity index is 565. The van der Waals surface area contributed by atoms with Gasteiger partial charge in [0.25, 0.3) is 0 Å². The van der Waals surface area contributed by atoms with Crippen LogP contribution in [0.2, 0.25) is 0 Å². The van der Waals surface area contributed by atoms with Crippen LogP contribution in [-0.4, -0.2) is 4.98 Å². The third-order valence-electron chi connectivity index (χ3n) is 3.27. The Labute approximate surface area is 115 Å². The van der Waals surface area contributed by atoms with Crippen LogP contribution in [0.25, 0.3) is 0 Å². The first kappa shape index (κ1) is 11.7. The predicted molar refractivity (Wildman–Crippen MR) is 74.8 cm³/mol. The number of ether oxygens (including phenoxy) is 1. The van der Waals surface area contributed by atoms with Gasteiger partial charge in [-0.05, 0) is 47.3 Å². The Morgan fingerprint density at radius 1 is 1.28 bits per heavy atom. The fourth-order valence-electron chi connectivity index (χ4n) is 2.25. The Morgan fingerprint density at radius 2 is 2.06 bits per heavy atom. The quantitative estimate of drug-likeness (QED) is 0.787. The highest BCUT2D eigenvalue weighted by Crippen LogP contribution is 2.34. The van der Waals surface area contributed by atoms with E-state index in [2.05, 4.69) is 58.2 Å². The topological polar surface area (TPSA) is 22.1 Å². The van der Waals surface area contributed by atoms with Crippen molar-refractivity contribution < 1.29 is 4.74 Å². The van der Waals surface area contributed by atoms with Crippen LogP contribution in [0.3, 0.4) is 0 Å². The van der Waals surface area contributed by atoms with Gasteiger partial charge in [0.15, 0.2) is 0 Å². The van der Waals surface area contributed by atoms with E-state index in [0.717, 1.165) is 23.2 Å². The van der Waals surface area contributed by atoms with Crippen molar-refractivity contribution in [1.82, 2.24) is 4.98 Å². The van der Waals surface area contributed by atoms with Crippen LogP contribution in [-0.2, 0) is 6.42 Å². The van der Waals surface area contributed by atoms with E-state index in [4.69, 9.17) is 4.74 Å². The van der Waals surface area contributed by atoms with Gasteiger partial charge in [-0.3, -0.25) is 0 Å². The zero-order valence-electron chi connectivity index (χ0n) is 10.2. The van der Waals surface area contributed by atoms with Crippen LogP contribution in [0.15, 0.2) is 41.0 Å². The van der Waals surface area contributed by atoms with Crippen molar-refractivity contribution in [3.05, 3.63) is 57.7 Å². The summed E-state index contributed by atoms with van der Waals surface area (Å²) < 4.78 is 6.99. The molecule has 0 spiro atoms. The minimum atomic E-state index is 0.131. The molecule has 0 amide bonds. The molecule has 1 atom stereocenters. The van der Waals surface area contributed by atoms with E-state index in [0.29, 0.717) is 0 Å². The van der Waals surface area contributed by atoms with E-state index in [1.54, 1.807) is 6.20 Å². The van der Waals surface area contributed by atoms with Gasteiger partial charge in [-0.25, -0.2) is 4.98 Å². The lowest BCUT2D eigenvalue weighted by molar-refractivity contribution is 0.168. The number of fused-ring (bicyclic) bond motifs is 1. The molecule has 2 heterocycles. The number of aromatic nitrogens is 1. The summed E-state index contributed by atoms with van der Waals surface area (Å²) in [6.45, 7) is 2.10. The maximum absolute atomic E-state index is 5.98. The molecule has 18 heavy (non-hydrogen) atoms. The third kappa shape index (κ3) is 2.27. The van der Waals surface area contributed by atoms with Crippen molar-refractivity contribution >= 4 is 15.9 Å². The molecule has 1 aromatic carbocycles. The summed E-state index contributed by atoms with van der Waals surface area (Å²) in [7, 11) is 0. The van der Waals surface area contributed by atoms with Crippen molar-refractivity contribution in [2.24, 2.45) is 0 Å². The molecule has 0 saturated heterocycles. The lowest BCUT2D eigenvalue weighted by Gasteiger charge is -2.25. The van der Waals surface area contributed by atoms with Crippen LogP contribution >= 0.6 is 15.9 Å². The lowest BCUT2D eigenvalue weighted by Crippen LogP contribution is -2.16. The van der Waals surface area contributed by atoms with E-state index in [1.165, 1.54) is 16.7 Å². The summed E-state index contributed by atoms with van der Waals surface area (Å²) in [4.78, 5) is 4.34. The Hall–Kier alpha value is -1.35. The number of benzene rings is 1. The van der Waals surface area contributed by atoms with Crippen LogP contribution in [0.1, 0.15) is 29.2 Å². The Morgan fingerprint density at radius 3 is 2.83 bits per heavy atom. The molecule has 0 unspecified atom stereocenters. The number of nitrogens with zero attached hydrogens (tertiary/aromatic N) is 1. The number of hydrogen-bond acceptors (Lipinski definition) is 2. The highest BCUT2D eigenvalue weighted by molar-refractivity contribution is 9.10. The molecule has 2 nitrogen and oxygen atoms in total. The van der Waals surface area contributed by atoms with Crippen LogP contribution in [0.4, 0.5) is 0 Å². The standard InChI is InChI=1S/C15H14BrNO/c1-10-2-4-11(5-3-10)14-7-6-12-8-13(16)9-17-15(12)18-14/h2-5,8-9,14H,6-7H2,1H3/t14-/m1/s1. The van der Waals surface area contributed by atoms with E-state index in [9.17, 15) is 0 Å². The van der Waals surface area contributed by atoms with Crippen molar-refractivity contribution in [3.8, 4) is 5.88 Å². The zero-order valence-corrected chi connectivity index (χ0v) is 11.8. The van der Waals surface area contributed by atoms with Gasteiger partial charge in [0.05, 0.1) is 0 Å². The van der Waals surface area contributed by atoms with Gasteiger partial charge in [0.1, 0.15) is 6.10 Å². The van der Waals surface area contributed by atoms with E-state index in [1.807, 2.05) is 0 Å². The number of aryl methyl sites for hydroxylation is 2. The Kier molecular flexibility index (Phi) is 3.08. The smallest absolute Gasteiger partial charge is 0.217 e. The molecule has 2 aromatic rings. The molecule has 0 bridgehead atoms. The minimum Gasteiger partial charge on any atom is -0.469 e. The second-order valence-corrected chi connectivity index (χ2v) is 5.59. The average molecular weight is 304 g/mol. The summed E-state index contributed by atoms with van der Waals surface area (Å²) in [6, 6.07) is 10.6. The molecular formula is C15H14BrNO. The summed E-state index contributed by atoms with van der Waals surface area (Å²) in [5, 5.41) is 0. The molecule has 0 radical (unpaired) electrons. The van der Waals surface area contributed by atoms with Gasteiger partial charge in [-0.15, -0.1) is 0 Å². The summed E-state index contributed by atoms with van der Waals surface area (Å²) in [5.41, 5.74) is 3.70. The van der Waals surface area contributed by atoms with E-state index in [-0.39, 0.29) is 6.10 Å². The SMILES string of the molecule is Cc1ccc([C@H]2CCc3cc(Br)cnc3O2)cc1. The van der Waals surface area contributed by atoms with Crippen LogP contribution < -0.4 is 4.74 Å². The first-order valence-corrected chi connectivity index (χ1v) is 6.89. The fourth-order valence-corrected chi connectivity index (χ4v) is 2.63. The number of rotatable bonds is 1. The molecule has 1 aromatic heterocycles. The van der Waals surface area contributed by atoms with Crippen molar-refractivity contribution in [1.29, 1.82) is 0 Å². The number of hydrogen-bond donors (Lipinski definition) is 0. The van der Waals surface area contributed by atoms with Gasteiger partial charge in [0.2, 0.25) is 5.88 Å². The number of halogens is 1. The maximum Gasteiger partial charge on any atom is 0.217 e. The molecule has 0 N–H and O–H groups in total. The van der Waals surface area contributed by atoms with Gasteiger partial charge in [-0.2, -0.15) is 0 Å². The fraction of sp³-hybridized carbons (Fsp3) is 0.267. The highest BCUT2D eigenvalue weighted by Gasteiger charge is 2.22. The molecule has 0 fully saturated rings. The Balaban J connectivity index is 1.86. The van der Waals surface area contributed by atoms with Crippen LogP contribution in [0.5, 0.6) is 5.88 Å². The second-order valence-electron chi connectivity index (χ2n) is 4.67. The van der Waals surface area contributed by atoms with Gasteiger partial charge >= 0.3 is 0 Å². The predicted octanol–water partition coefficient (Wildman–Crippen LogP) is 4.22. The highest BCUT2D eigenvalue weighted by atomic mass is 79.9. The van der Waals surface area contributed by atoms with Crippen molar-refractivity contribution in [3.63, 3.8) is 0 Å². The first-order chi connectivity index (χ1) is 8.72. The first-order valence-electron chi connectivity index (χ1n) is 6.10. The third-order valence-corrected chi connectivity index (χ3v) is 3.70. The van der Waals surface area contributed by atoms with Gasteiger partial charge in [-0.1, -0.05) is 29.8 Å². The lowest BCUT2D eigenvalue weighted by atomic mass is 9.98. The molecular weight excluding hydrogens is 290 g/mol. The summed E-state index contributed by atoms with van der Waals surface area (Å²) >= 11 is 3.44. The van der Waals surface area contributed by atoms with Crippen LogP contribution in [0, 0.1) is 6.92 Å². The molecule has 0 saturated carbocycles. The normalized spacial score (nSPS) is 18.0. The average Bonchev–Trinajstić information content (AvgIpc) is 2.39. The molecule has 1 aliphatic heterocycles. The zero-order chi connectivity index (χ0) is 12.5. The van der Waals surface area contributed by atoms with Gasteiger partial charge < -0.3 is 4.74 Å². The van der Waals surface area contributed by atoms with Crippen molar-refractivity contribution in [2.75, 3.05) is 0 Å². The van der Waals surface area contributed by atoms with Crippen molar-refractivity contribution in [2.45, 2.75) is 25.9 Å². The summed E-state index contributed by atoms with van der Waals surface area (Å²) in [5.74, 6) is 0.773. The minimum absolute atomic E-state index is 0.131. The second kappa shape index (κ2) is 4.73. The van der Waals surface area contributed by atoms with E-state index < -0.39 is 0 Å². The monoisotopic (exact) mass is 303 g/mol. The summed E-state index contributed by atoms with van der Waals surface area (Å²) in [6.07, 6.45) is 3.94. The van der Waals surface area contributed by atoms with E-state index >= 15 is 0 Å². The maximum atomic E-state index is 5.98. The molecule has 3 heteroatoms. The van der Waals surface area contributed by atoms with Gasteiger partial charge in [0, 0.05) is 16.2 Å². The number of pyridine rings is 1. The molecule has 3 rings (SSSR count). The molecule has 1 aliphatic rings.